The van der Waals surface area contributed by atoms with Crippen LogP contribution in [-0.2, 0) is 0 Å². The average Bonchev–Trinajstić information content (AvgIpc) is 3.02. The summed E-state index contributed by atoms with van der Waals surface area (Å²) >= 11 is 0. The van der Waals surface area contributed by atoms with Crippen LogP contribution in [-0.4, -0.2) is 52.0 Å². The molecule has 2 fully saturated rings. The second-order valence-corrected chi connectivity index (χ2v) is 8.18. The molecule has 6 heteroatoms. The van der Waals surface area contributed by atoms with Crippen molar-refractivity contribution in [3.05, 3.63) is 11.4 Å². The quantitative estimate of drug-likeness (QED) is 0.890. The van der Waals surface area contributed by atoms with E-state index in [9.17, 15) is 4.79 Å². The van der Waals surface area contributed by atoms with Crippen molar-refractivity contribution in [2.24, 2.45) is 11.8 Å². The van der Waals surface area contributed by atoms with Crippen molar-refractivity contribution < 1.29 is 4.79 Å². The molecule has 2 aliphatic rings. The minimum absolute atomic E-state index is 0.0759. The number of carbonyl (C=O) groups excluding carboxylic acids is 1. The molecule has 140 valence electrons. The Labute approximate surface area is 151 Å². The van der Waals surface area contributed by atoms with Crippen molar-refractivity contribution in [3.63, 3.8) is 0 Å². The summed E-state index contributed by atoms with van der Waals surface area (Å²) in [5.74, 6) is 1.45. The second-order valence-electron chi connectivity index (χ2n) is 8.18. The van der Waals surface area contributed by atoms with Crippen molar-refractivity contribution in [1.29, 1.82) is 0 Å². The highest BCUT2D eigenvalue weighted by Gasteiger charge is 2.29. The van der Waals surface area contributed by atoms with Crippen molar-refractivity contribution in [2.45, 2.75) is 65.3 Å². The van der Waals surface area contributed by atoms with Crippen LogP contribution in [0.2, 0.25) is 0 Å². The van der Waals surface area contributed by atoms with Crippen LogP contribution in [0.5, 0.6) is 0 Å². The molecule has 2 aliphatic heterocycles. The third kappa shape index (κ3) is 4.40. The molecule has 25 heavy (non-hydrogen) atoms. The summed E-state index contributed by atoms with van der Waals surface area (Å²) in [6, 6.07) is 0.371. The first-order valence-corrected chi connectivity index (χ1v) is 9.98. The van der Waals surface area contributed by atoms with Gasteiger partial charge in [-0.15, -0.1) is 5.10 Å². The van der Waals surface area contributed by atoms with Gasteiger partial charge in [-0.3, -0.25) is 4.79 Å². The fourth-order valence-electron chi connectivity index (χ4n) is 4.14. The van der Waals surface area contributed by atoms with E-state index in [-0.39, 0.29) is 5.91 Å². The number of nitrogens with zero attached hydrogens (tertiary/aromatic N) is 4. The van der Waals surface area contributed by atoms with Gasteiger partial charge in [-0.05, 0) is 64.0 Å². The van der Waals surface area contributed by atoms with Gasteiger partial charge in [0.05, 0.1) is 11.7 Å². The van der Waals surface area contributed by atoms with Gasteiger partial charge in [0.25, 0.3) is 5.91 Å². The molecule has 2 saturated heterocycles. The van der Waals surface area contributed by atoms with Gasteiger partial charge in [-0.2, -0.15) is 0 Å². The molecule has 0 radical (unpaired) electrons. The Bertz CT molecular complexity index is 576. The SMILES string of the molecule is Cc1c(C(=O)N2CCC[C@@H](CCC(C)C)C2)nnn1C1CCNCC1. The Hall–Kier alpha value is -1.43. The first kappa shape index (κ1) is 18.4. The molecule has 3 rings (SSSR count). The average molecular weight is 348 g/mol. The molecular weight excluding hydrogens is 314 g/mol. The van der Waals surface area contributed by atoms with E-state index in [0.717, 1.165) is 57.1 Å². The highest BCUT2D eigenvalue weighted by molar-refractivity contribution is 5.93. The summed E-state index contributed by atoms with van der Waals surface area (Å²) in [7, 11) is 0. The number of likely N-dealkylation sites (tertiary alicyclic amines) is 1. The third-order valence-corrected chi connectivity index (χ3v) is 5.74. The maximum Gasteiger partial charge on any atom is 0.276 e. The van der Waals surface area contributed by atoms with Gasteiger partial charge in [0.15, 0.2) is 5.69 Å². The molecular formula is C19H33N5O. The zero-order valence-electron chi connectivity index (χ0n) is 16.0. The van der Waals surface area contributed by atoms with Crippen LogP contribution in [0, 0.1) is 18.8 Å². The lowest BCUT2D eigenvalue weighted by Gasteiger charge is -2.32. The lowest BCUT2D eigenvalue weighted by Crippen LogP contribution is -2.40. The molecule has 6 nitrogen and oxygen atoms in total. The first-order chi connectivity index (χ1) is 12.1. The fraction of sp³-hybridized carbons (Fsp3) is 0.842. The number of piperidine rings is 2. The van der Waals surface area contributed by atoms with Gasteiger partial charge in [-0.25, -0.2) is 4.68 Å². The normalized spacial score (nSPS) is 22.6. The summed E-state index contributed by atoms with van der Waals surface area (Å²) < 4.78 is 1.98. The van der Waals surface area contributed by atoms with E-state index in [0.29, 0.717) is 17.7 Å². The Morgan fingerprint density at radius 3 is 2.76 bits per heavy atom. The monoisotopic (exact) mass is 347 g/mol. The number of nitrogens with one attached hydrogen (secondary N) is 1. The lowest BCUT2D eigenvalue weighted by atomic mass is 9.90. The van der Waals surface area contributed by atoms with Gasteiger partial charge < -0.3 is 10.2 Å². The summed E-state index contributed by atoms with van der Waals surface area (Å²) in [5, 5.41) is 12.0. The fourth-order valence-corrected chi connectivity index (χ4v) is 4.14. The van der Waals surface area contributed by atoms with Crippen LogP contribution in [0.4, 0.5) is 0 Å². The molecule has 0 spiro atoms. The molecule has 1 amide bonds. The summed E-state index contributed by atoms with van der Waals surface area (Å²) in [6.45, 7) is 10.3. The Balaban J connectivity index is 1.65. The van der Waals surface area contributed by atoms with E-state index < -0.39 is 0 Å². The second kappa shape index (κ2) is 8.30. The molecule has 0 aromatic carbocycles. The van der Waals surface area contributed by atoms with Crippen LogP contribution in [0.25, 0.3) is 0 Å². The Morgan fingerprint density at radius 1 is 1.28 bits per heavy atom. The number of hydrogen-bond acceptors (Lipinski definition) is 4. The van der Waals surface area contributed by atoms with Crippen LogP contribution >= 0.6 is 0 Å². The van der Waals surface area contributed by atoms with Crippen LogP contribution in [0.1, 0.15) is 74.6 Å². The van der Waals surface area contributed by atoms with Crippen molar-refractivity contribution >= 4 is 5.91 Å². The highest BCUT2D eigenvalue weighted by Crippen LogP contribution is 2.25. The van der Waals surface area contributed by atoms with E-state index in [1.165, 1.54) is 19.3 Å². The summed E-state index contributed by atoms with van der Waals surface area (Å²) in [5.41, 5.74) is 1.49. The molecule has 0 unspecified atom stereocenters. The maximum atomic E-state index is 13.0. The number of carbonyl (C=O) groups is 1. The Kier molecular flexibility index (Phi) is 6.10. The topological polar surface area (TPSA) is 63.1 Å². The zero-order valence-corrected chi connectivity index (χ0v) is 16.0. The predicted octanol–water partition coefficient (Wildman–Crippen LogP) is 2.80. The van der Waals surface area contributed by atoms with E-state index in [1.807, 2.05) is 16.5 Å². The van der Waals surface area contributed by atoms with Crippen LogP contribution < -0.4 is 5.32 Å². The minimum Gasteiger partial charge on any atom is -0.337 e. The first-order valence-electron chi connectivity index (χ1n) is 9.98. The van der Waals surface area contributed by atoms with Gasteiger partial charge >= 0.3 is 0 Å². The van der Waals surface area contributed by atoms with Gasteiger partial charge in [-0.1, -0.05) is 25.5 Å². The number of rotatable bonds is 5. The predicted molar refractivity (Wildman–Crippen MR) is 98.6 cm³/mol. The van der Waals surface area contributed by atoms with E-state index in [1.54, 1.807) is 0 Å². The van der Waals surface area contributed by atoms with Gasteiger partial charge in [0, 0.05) is 13.1 Å². The summed E-state index contributed by atoms with van der Waals surface area (Å²) in [4.78, 5) is 15.0. The van der Waals surface area contributed by atoms with Crippen molar-refractivity contribution in [3.8, 4) is 0 Å². The van der Waals surface area contributed by atoms with Crippen molar-refractivity contribution in [1.82, 2.24) is 25.2 Å². The lowest BCUT2D eigenvalue weighted by molar-refractivity contribution is 0.0658. The van der Waals surface area contributed by atoms with Gasteiger partial charge in [0.1, 0.15) is 0 Å². The molecule has 3 heterocycles. The molecule has 0 saturated carbocycles. The molecule has 0 aliphatic carbocycles. The minimum atomic E-state index is 0.0759. The molecule has 0 bridgehead atoms. The van der Waals surface area contributed by atoms with E-state index in [4.69, 9.17) is 0 Å². The smallest absolute Gasteiger partial charge is 0.276 e. The largest absolute Gasteiger partial charge is 0.337 e. The summed E-state index contributed by atoms with van der Waals surface area (Å²) in [6.07, 6.45) is 6.94. The number of aromatic nitrogens is 3. The molecule has 1 N–H and O–H groups in total. The van der Waals surface area contributed by atoms with E-state index >= 15 is 0 Å². The zero-order chi connectivity index (χ0) is 17.8. The van der Waals surface area contributed by atoms with Crippen molar-refractivity contribution in [2.75, 3.05) is 26.2 Å². The molecule has 1 atom stereocenters. The molecule has 1 aromatic rings. The van der Waals surface area contributed by atoms with Gasteiger partial charge in [0.2, 0.25) is 0 Å². The van der Waals surface area contributed by atoms with Crippen LogP contribution in [0.3, 0.4) is 0 Å². The number of hydrogen-bond donors (Lipinski definition) is 1. The highest BCUT2D eigenvalue weighted by atomic mass is 16.2. The Morgan fingerprint density at radius 2 is 2.04 bits per heavy atom. The standard InChI is InChI=1S/C19H33N5O/c1-14(2)6-7-16-5-4-12-23(13-16)19(25)18-15(3)24(22-21-18)17-8-10-20-11-9-17/h14,16-17,20H,4-13H2,1-3H3/t16-/m0/s1. The number of amides is 1. The molecule has 1 aromatic heterocycles. The van der Waals surface area contributed by atoms with Crippen LogP contribution in [0.15, 0.2) is 0 Å². The van der Waals surface area contributed by atoms with E-state index in [2.05, 4.69) is 29.5 Å². The maximum absolute atomic E-state index is 13.0. The third-order valence-electron chi connectivity index (χ3n) is 5.74.